The quantitative estimate of drug-likeness (QED) is 0.593. The Kier molecular flexibility index (Phi) is 2.51. The molecular formula is C11H22N2Si. The Labute approximate surface area is 88.6 Å². The van der Waals surface area contributed by atoms with Gasteiger partial charge in [-0.25, -0.2) is 4.99 Å². The van der Waals surface area contributed by atoms with E-state index in [4.69, 9.17) is 4.66 Å². The lowest BCUT2D eigenvalue weighted by Gasteiger charge is -2.33. The molecule has 3 heteroatoms. The molecule has 0 N–H and O–H groups in total. The third-order valence-electron chi connectivity index (χ3n) is 3.12. The number of rotatable bonds is 1. The van der Waals surface area contributed by atoms with E-state index >= 15 is 0 Å². The molecule has 0 aromatic carbocycles. The Bertz CT molecular complexity index is 293. The van der Waals surface area contributed by atoms with Crippen LogP contribution in [0, 0.1) is 10.8 Å². The summed E-state index contributed by atoms with van der Waals surface area (Å²) in [5, 5.41) is 0. The van der Waals surface area contributed by atoms with Gasteiger partial charge in [0.1, 0.15) is 5.84 Å². The van der Waals surface area contributed by atoms with Gasteiger partial charge in [-0.3, -0.25) is 0 Å². The fourth-order valence-electron chi connectivity index (χ4n) is 1.32. The van der Waals surface area contributed by atoms with Gasteiger partial charge in [0.2, 0.25) is 0 Å². The minimum Gasteiger partial charge on any atom is -0.309 e. The summed E-state index contributed by atoms with van der Waals surface area (Å²) in [6.07, 6.45) is 2.05. The van der Waals surface area contributed by atoms with Crippen molar-refractivity contribution < 1.29 is 0 Å². The summed E-state index contributed by atoms with van der Waals surface area (Å²) in [7, 11) is -1.40. The lowest BCUT2D eigenvalue weighted by Crippen LogP contribution is -2.36. The van der Waals surface area contributed by atoms with Crippen LogP contribution in [0.3, 0.4) is 0 Å². The molecule has 1 heterocycles. The zero-order valence-corrected chi connectivity index (χ0v) is 11.5. The zero-order chi connectivity index (χ0) is 11.2. The smallest absolute Gasteiger partial charge is 0.174 e. The van der Waals surface area contributed by atoms with Gasteiger partial charge < -0.3 is 4.66 Å². The second kappa shape index (κ2) is 3.02. The van der Waals surface area contributed by atoms with Gasteiger partial charge in [0.15, 0.2) is 8.24 Å². The van der Waals surface area contributed by atoms with Crippen molar-refractivity contribution in [2.75, 3.05) is 0 Å². The average Bonchev–Trinajstić information content (AvgIpc) is 2.10. The molecule has 0 spiro atoms. The molecule has 1 rings (SSSR count). The molecule has 1 aliphatic heterocycles. The second-order valence-electron chi connectivity index (χ2n) is 6.21. The maximum Gasteiger partial charge on any atom is 0.174 e. The van der Waals surface area contributed by atoms with Gasteiger partial charge >= 0.3 is 0 Å². The maximum atomic E-state index is 4.81. The van der Waals surface area contributed by atoms with E-state index in [2.05, 4.69) is 52.3 Å². The molecule has 0 fully saturated rings. The van der Waals surface area contributed by atoms with Crippen LogP contribution in [0.25, 0.3) is 0 Å². The number of aliphatic imine (C=N–C) groups is 1. The van der Waals surface area contributed by atoms with Crippen LogP contribution >= 0.6 is 0 Å². The number of amidine groups is 1. The molecule has 2 nitrogen and oxygen atoms in total. The number of nitrogens with zero attached hydrogens (tertiary/aromatic N) is 2. The first-order valence-corrected chi connectivity index (χ1v) is 8.66. The van der Waals surface area contributed by atoms with Crippen molar-refractivity contribution in [1.82, 2.24) is 0 Å². The molecule has 0 aromatic heterocycles. The molecule has 0 radical (unpaired) electrons. The number of hydrogen-bond acceptors (Lipinski definition) is 1. The van der Waals surface area contributed by atoms with E-state index in [0.717, 1.165) is 5.84 Å². The van der Waals surface area contributed by atoms with Crippen LogP contribution in [-0.2, 0) is 0 Å². The normalized spacial score (nSPS) is 27.2. The van der Waals surface area contributed by atoms with Crippen molar-refractivity contribution in [3.05, 3.63) is 0 Å². The Hall–Kier alpha value is -0.443. The molecule has 0 bridgehead atoms. The first-order chi connectivity index (χ1) is 6.06. The molecule has 0 aliphatic carbocycles. The maximum absolute atomic E-state index is 4.81. The third-order valence-corrected chi connectivity index (χ3v) is 4.00. The summed E-state index contributed by atoms with van der Waals surface area (Å²) in [5.74, 6) is 1.04. The average molecular weight is 210 g/mol. The van der Waals surface area contributed by atoms with Gasteiger partial charge in [-0.1, -0.05) is 27.7 Å². The standard InChI is InChI=1S/C11H22N2Si/c1-10(2)8-12-9(11(10,3)4)13-14(5,6)7/h8H,1-7H3/b13-9-. The lowest BCUT2D eigenvalue weighted by atomic mass is 9.70. The number of hydrogen-bond donors (Lipinski definition) is 0. The molecule has 0 saturated carbocycles. The Morgan fingerprint density at radius 3 is 1.93 bits per heavy atom. The van der Waals surface area contributed by atoms with Crippen molar-refractivity contribution >= 4 is 20.3 Å². The van der Waals surface area contributed by atoms with E-state index < -0.39 is 8.24 Å². The van der Waals surface area contributed by atoms with Gasteiger partial charge in [-0.2, -0.15) is 0 Å². The molecule has 14 heavy (non-hydrogen) atoms. The molecule has 1 aliphatic rings. The molecule has 80 valence electrons. The molecule has 0 unspecified atom stereocenters. The summed E-state index contributed by atoms with van der Waals surface area (Å²) >= 11 is 0. The molecule has 0 aromatic rings. The molecule has 0 atom stereocenters. The van der Waals surface area contributed by atoms with E-state index in [1.807, 2.05) is 6.21 Å². The highest BCUT2D eigenvalue weighted by molar-refractivity contribution is 6.75. The van der Waals surface area contributed by atoms with Crippen LogP contribution in [0.1, 0.15) is 27.7 Å². The highest BCUT2D eigenvalue weighted by atomic mass is 28.3. The van der Waals surface area contributed by atoms with Crippen molar-refractivity contribution in [3.8, 4) is 0 Å². The molecule has 0 amide bonds. The SMILES string of the molecule is CC1(C)C=N/C(=N\[Si](C)(C)C)C1(C)C. The molecular weight excluding hydrogens is 188 g/mol. The van der Waals surface area contributed by atoms with Gasteiger partial charge in [-0.05, 0) is 19.6 Å². The fourth-order valence-corrected chi connectivity index (χ4v) is 2.29. The second-order valence-corrected chi connectivity index (χ2v) is 10.8. The van der Waals surface area contributed by atoms with E-state index in [1.54, 1.807) is 0 Å². The van der Waals surface area contributed by atoms with Crippen molar-refractivity contribution in [3.63, 3.8) is 0 Å². The summed E-state index contributed by atoms with van der Waals surface area (Å²) in [5.41, 5.74) is 0.207. The fraction of sp³-hybridized carbons (Fsp3) is 0.818. The van der Waals surface area contributed by atoms with Crippen molar-refractivity contribution in [2.45, 2.75) is 47.3 Å². The molecule has 0 saturated heterocycles. The van der Waals surface area contributed by atoms with Crippen LogP contribution in [-0.4, -0.2) is 20.3 Å². The zero-order valence-electron chi connectivity index (χ0n) is 10.5. The Morgan fingerprint density at radius 2 is 1.64 bits per heavy atom. The lowest BCUT2D eigenvalue weighted by molar-refractivity contribution is 0.304. The topological polar surface area (TPSA) is 24.7 Å². The van der Waals surface area contributed by atoms with Crippen molar-refractivity contribution in [2.24, 2.45) is 20.5 Å². The van der Waals surface area contributed by atoms with Crippen LogP contribution in [0.4, 0.5) is 0 Å². The van der Waals surface area contributed by atoms with Gasteiger partial charge in [0, 0.05) is 17.0 Å². The van der Waals surface area contributed by atoms with Crippen molar-refractivity contribution in [1.29, 1.82) is 0 Å². The Morgan fingerprint density at radius 1 is 1.14 bits per heavy atom. The minimum atomic E-state index is -1.40. The van der Waals surface area contributed by atoms with E-state index in [0.29, 0.717) is 0 Å². The minimum absolute atomic E-state index is 0.0767. The van der Waals surface area contributed by atoms with E-state index in [9.17, 15) is 0 Å². The van der Waals surface area contributed by atoms with Crippen LogP contribution < -0.4 is 0 Å². The predicted octanol–water partition coefficient (Wildman–Crippen LogP) is 3.36. The largest absolute Gasteiger partial charge is 0.309 e. The third kappa shape index (κ3) is 1.97. The van der Waals surface area contributed by atoms with Gasteiger partial charge in [-0.15, -0.1) is 0 Å². The van der Waals surface area contributed by atoms with E-state index in [1.165, 1.54) is 0 Å². The summed E-state index contributed by atoms with van der Waals surface area (Å²) in [4.78, 5) is 4.49. The van der Waals surface area contributed by atoms with Crippen LogP contribution in [0.5, 0.6) is 0 Å². The summed E-state index contributed by atoms with van der Waals surface area (Å²) in [6, 6.07) is 0. The predicted molar refractivity (Wildman–Crippen MR) is 66.8 cm³/mol. The first kappa shape index (κ1) is 11.6. The highest BCUT2D eigenvalue weighted by Crippen LogP contribution is 2.43. The van der Waals surface area contributed by atoms with Crippen LogP contribution in [0.15, 0.2) is 9.65 Å². The highest BCUT2D eigenvalue weighted by Gasteiger charge is 2.44. The summed E-state index contributed by atoms with van der Waals surface area (Å²) < 4.78 is 4.81. The van der Waals surface area contributed by atoms with Crippen LogP contribution in [0.2, 0.25) is 19.6 Å². The monoisotopic (exact) mass is 210 g/mol. The first-order valence-electron chi connectivity index (χ1n) is 5.22. The van der Waals surface area contributed by atoms with Gasteiger partial charge in [0.05, 0.1) is 0 Å². The summed E-state index contributed by atoms with van der Waals surface area (Å²) in [6.45, 7) is 15.7. The van der Waals surface area contributed by atoms with E-state index in [-0.39, 0.29) is 10.8 Å². The Balaban J connectivity index is 3.09. The van der Waals surface area contributed by atoms with Gasteiger partial charge in [0.25, 0.3) is 0 Å².